The molecule has 0 saturated carbocycles. The summed E-state index contributed by atoms with van der Waals surface area (Å²) in [6.45, 7) is 3.43. The minimum absolute atomic E-state index is 0.0301. The van der Waals surface area contributed by atoms with Crippen LogP contribution in [-0.4, -0.2) is 46.0 Å². The van der Waals surface area contributed by atoms with Crippen LogP contribution in [0.2, 0.25) is 0 Å². The summed E-state index contributed by atoms with van der Waals surface area (Å²) in [7, 11) is -3.45. The number of ether oxygens (including phenoxy) is 1. The predicted molar refractivity (Wildman–Crippen MR) is 107 cm³/mol. The zero-order valence-corrected chi connectivity index (χ0v) is 17.6. The van der Waals surface area contributed by atoms with E-state index in [1.807, 2.05) is 0 Å². The van der Waals surface area contributed by atoms with Gasteiger partial charge in [-0.3, -0.25) is 9.10 Å². The van der Waals surface area contributed by atoms with E-state index >= 15 is 0 Å². The SMILES string of the molecule is CCN(CC)C(=O)CN(c1ccccc1OC)S(=O)(=O)c1ccccc1C(F)(F)F. The van der Waals surface area contributed by atoms with Crippen molar-refractivity contribution >= 4 is 21.6 Å². The molecule has 6 nitrogen and oxygen atoms in total. The summed E-state index contributed by atoms with van der Waals surface area (Å²) in [5.41, 5.74) is -1.34. The first-order valence-corrected chi connectivity index (χ1v) is 10.6. The fraction of sp³-hybridized carbons (Fsp3) is 0.350. The zero-order chi connectivity index (χ0) is 22.5. The molecule has 0 aromatic heterocycles. The summed E-state index contributed by atoms with van der Waals surface area (Å²) < 4.78 is 73.2. The molecule has 0 saturated heterocycles. The highest BCUT2D eigenvalue weighted by Crippen LogP contribution is 2.38. The Bertz CT molecular complexity index is 990. The molecule has 0 N–H and O–H groups in total. The molecule has 0 aliphatic heterocycles. The Morgan fingerprint density at radius 3 is 2.13 bits per heavy atom. The van der Waals surface area contributed by atoms with Crippen LogP contribution >= 0.6 is 0 Å². The third-order valence-electron chi connectivity index (χ3n) is 4.51. The number of sulfonamides is 1. The highest BCUT2D eigenvalue weighted by atomic mass is 32.2. The third-order valence-corrected chi connectivity index (χ3v) is 6.33. The second-order valence-electron chi connectivity index (χ2n) is 6.24. The van der Waals surface area contributed by atoms with Crippen LogP contribution in [0.5, 0.6) is 5.75 Å². The molecular formula is C20H23F3N2O4S. The molecule has 0 radical (unpaired) electrons. The molecule has 2 aromatic carbocycles. The lowest BCUT2D eigenvalue weighted by Gasteiger charge is -2.29. The fourth-order valence-electron chi connectivity index (χ4n) is 2.98. The van der Waals surface area contributed by atoms with Crippen molar-refractivity contribution in [1.29, 1.82) is 0 Å². The number of carbonyl (C=O) groups is 1. The van der Waals surface area contributed by atoms with Gasteiger partial charge in [0.1, 0.15) is 12.3 Å². The van der Waals surface area contributed by atoms with E-state index in [-0.39, 0.29) is 11.4 Å². The Labute approximate surface area is 173 Å². The monoisotopic (exact) mass is 444 g/mol. The van der Waals surface area contributed by atoms with Gasteiger partial charge in [0.15, 0.2) is 0 Å². The number of benzene rings is 2. The van der Waals surface area contributed by atoms with Gasteiger partial charge >= 0.3 is 6.18 Å². The maximum atomic E-state index is 13.5. The number of para-hydroxylation sites is 2. The van der Waals surface area contributed by atoms with Crippen LogP contribution in [0.25, 0.3) is 0 Å². The first kappa shape index (κ1) is 23.5. The highest BCUT2D eigenvalue weighted by Gasteiger charge is 2.40. The van der Waals surface area contributed by atoms with Crippen LogP contribution in [0.3, 0.4) is 0 Å². The highest BCUT2D eigenvalue weighted by molar-refractivity contribution is 7.93. The maximum Gasteiger partial charge on any atom is 0.417 e. The molecule has 0 atom stereocenters. The van der Waals surface area contributed by atoms with E-state index in [0.717, 1.165) is 12.1 Å². The lowest BCUT2D eigenvalue weighted by Crippen LogP contribution is -2.43. The molecule has 2 aromatic rings. The molecule has 0 fully saturated rings. The molecular weight excluding hydrogens is 421 g/mol. The molecule has 0 aliphatic rings. The Morgan fingerprint density at radius 2 is 1.57 bits per heavy atom. The quantitative estimate of drug-likeness (QED) is 0.622. The van der Waals surface area contributed by atoms with Gasteiger partial charge < -0.3 is 9.64 Å². The zero-order valence-electron chi connectivity index (χ0n) is 16.8. The van der Waals surface area contributed by atoms with Crippen LogP contribution in [0.1, 0.15) is 19.4 Å². The predicted octanol–water partition coefficient (Wildman–Crippen LogP) is 3.78. The molecule has 30 heavy (non-hydrogen) atoms. The molecule has 0 heterocycles. The number of halogens is 3. The Morgan fingerprint density at radius 1 is 1.00 bits per heavy atom. The van der Waals surface area contributed by atoms with E-state index in [2.05, 4.69) is 0 Å². The molecule has 0 unspecified atom stereocenters. The van der Waals surface area contributed by atoms with E-state index in [1.165, 1.54) is 36.3 Å². The number of anilines is 1. The minimum atomic E-state index is -4.89. The molecule has 0 bridgehead atoms. The van der Waals surface area contributed by atoms with Crippen LogP contribution < -0.4 is 9.04 Å². The summed E-state index contributed by atoms with van der Waals surface area (Å²) in [6.07, 6.45) is -4.89. The lowest BCUT2D eigenvalue weighted by atomic mass is 10.2. The maximum absolute atomic E-state index is 13.5. The molecule has 10 heteroatoms. The van der Waals surface area contributed by atoms with Crippen molar-refractivity contribution in [3.8, 4) is 5.75 Å². The largest absolute Gasteiger partial charge is 0.495 e. The smallest absolute Gasteiger partial charge is 0.417 e. The number of likely N-dealkylation sites (N-methyl/N-ethyl adjacent to an activating group) is 1. The number of hydrogen-bond donors (Lipinski definition) is 0. The lowest BCUT2D eigenvalue weighted by molar-refractivity contribution is -0.139. The van der Waals surface area contributed by atoms with Crippen molar-refractivity contribution < 1.29 is 31.1 Å². The summed E-state index contributed by atoms with van der Waals surface area (Å²) in [5, 5.41) is 0. The van der Waals surface area contributed by atoms with E-state index < -0.39 is 39.1 Å². The van der Waals surface area contributed by atoms with Gasteiger partial charge in [-0.05, 0) is 38.1 Å². The molecule has 1 amide bonds. The van der Waals surface area contributed by atoms with Crippen molar-refractivity contribution in [2.75, 3.05) is 31.0 Å². The van der Waals surface area contributed by atoms with E-state index in [9.17, 15) is 26.4 Å². The number of rotatable bonds is 8. The van der Waals surface area contributed by atoms with Gasteiger partial charge in [-0.15, -0.1) is 0 Å². The number of carbonyl (C=O) groups excluding carboxylic acids is 1. The van der Waals surface area contributed by atoms with Gasteiger partial charge in [-0.1, -0.05) is 24.3 Å². The summed E-state index contributed by atoms with van der Waals surface area (Å²) in [6, 6.07) is 9.82. The van der Waals surface area contributed by atoms with Crippen molar-refractivity contribution in [3.63, 3.8) is 0 Å². The second-order valence-corrected chi connectivity index (χ2v) is 8.07. The Hall–Kier alpha value is -2.75. The minimum Gasteiger partial charge on any atom is -0.495 e. The molecule has 164 valence electrons. The number of methoxy groups -OCH3 is 1. The topological polar surface area (TPSA) is 66.9 Å². The van der Waals surface area contributed by atoms with Gasteiger partial charge in [0.25, 0.3) is 10.0 Å². The molecule has 0 aliphatic carbocycles. The van der Waals surface area contributed by atoms with Crippen LogP contribution in [0.4, 0.5) is 18.9 Å². The van der Waals surface area contributed by atoms with Gasteiger partial charge in [-0.2, -0.15) is 13.2 Å². The van der Waals surface area contributed by atoms with Crippen molar-refractivity contribution in [2.24, 2.45) is 0 Å². The van der Waals surface area contributed by atoms with Gasteiger partial charge in [-0.25, -0.2) is 8.42 Å². The number of alkyl halides is 3. The summed E-state index contributed by atoms with van der Waals surface area (Å²) >= 11 is 0. The van der Waals surface area contributed by atoms with E-state index in [0.29, 0.717) is 23.5 Å². The standard InChI is InChI=1S/C20H23F3N2O4S/c1-4-24(5-2)19(26)14-25(16-11-7-8-12-17(16)29-3)30(27,28)18-13-9-6-10-15(18)20(21,22)23/h6-13H,4-5,14H2,1-3H3. The Balaban J connectivity index is 2.69. The van der Waals surface area contributed by atoms with Gasteiger partial charge in [0.05, 0.1) is 23.3 Å². The first-order chi connectivity index (χ1) is 14.1. The average Bonchev–Trinajstić information content (AvgIpc) is 2.72. The number of nitrogens with zero attached hydrogens (tertiary/aromatic N) is 2. The normalized spacial score (nSPS) is 11.8. The van der Waals surface area contributed by atoms with E-state index in [4.69, 9.17) is 4.74 Å². The number of hydrogen-bond acceptors (Lipinski definition) is 4. The van der Waals surface area contributed by atoms with Crippen LogP contribution in [-0.2, 0) is 21.0 Å². The second kappa shape index (κ2) is 9.38. The molecule has 2 rings (SSSR count). The fourth-order valence-corrected chi connectivity index (χ4v) is 4.62. The first-order valence-electron chi connectivity index (χ1n) is 9.17. The summed E-state index contributed by atoms with van der Waals surface area (Å²) in [5.74, 6) is -0.433. The summed E-state index contributed by atoms with van der Waals surface area (Å²) in [4.78, 5) is 13.2. The van der Waals surface area contributed by atoms with Crippen molar-refractivity contribution in [2.45, 2.75) is 24.9 Å². The third kappa shape index (κ3) is 4.86. The van der Waals surface area contributed by atoms with Crippen molar-refractivity contribution in [3.05, 3.63) is 54.1 Å². The van der Waals surface area contributed by atoms with Gasteiger partial charge in [0, 0.05) is 13.1 Å². The average molecular weight is 444 g/mol. The number of amides is 1. The van der Waals surface area contributed by atoms with E-state index in [1.54, 1.807) is 19.9 Å². The van der Waals surface area contributed by atoms with Gasteiger partial charge in [0.2, 0.25) is 5.91 Å². The Kier molecular flexibility index (Phi) is 7.35. The van der Waals surface area contributed by atoms with Crippen LogP contribution in [0.15, 0.2) is 53.4 Å². The van der Waals surface area contributed by atoms with Crippen molar-refractivity contribution in [1.82, 2.24) is 4.90 Å². The molecule has 0 spiro atoms. The van der Waals surface area contributed by atoms with Crippen LogP contribution in [0, 0.1) is 0 Å².